The number of rotatable bonds is 9. The highest BCUT2D eigenvalue weighted by Crippen LogP contribution is 2.36. The monoisotopic (exact) mass is 497 g/mol. The van der Waals surface area contributed by atoms with Gasteiger partial charge in [-0.25, -0.2) is 4.79 Å². The van der Waals surface area contributed by atoms with Gasteiger partial charge in [-0.05, 0) is 48.7 Å². The number of benzene rings is 3. The maximum absolute atomic E-state index is 12.7. The highest BCUT2D eigenvalue weighted by molar-refractivity contribution is 7.15. The lowest BCUT2D eigenvalue weighted by Gasteiger charge is -2.08. The molecule has 1 amide bonds. The van der Waals surface area contributed by atoms with Crippen LogP contribution in [0.5, 0.6) is 5.75 Å². The molecule has 3 aromatic carbocycles. The van der Waals surface area contributed by atoms with Gasteiger partial charge in [-0.1, -0.05) is 72.3 Å². The maximum Gasteiger partial charge on any atom is 0.341 e. The van der Waals surface area contributed by atoms with Gasteiger partial charge in [0.1, 0.15) is 22.9 Å². The summed E-state index contributed by atoms with van der Waals surface area (Å²) in [4.78, 5) is 25.4. The van der Waals surface area contributed by atoms with E-state index in [9.17, 15) is 9.59 Å². The number of aryl methyl sites for hydroxylation is 1. The molecule has 0 spiro atoms. The molecular weight excluding hydrogens is 470 g/mol. The van der Waals surface area contributed by atoms with E-state index in [1.807, 2.05) is 91.2 Å². The predicted octanol–water partition coefficient (Wildman–Crippen LogP) is 7.13. The van der Waals surface area contributed by atoms with Crippen molar-refractivity contribution in [3.8, 4) is 16.9 Å². The Kier molecular flexibility index (Phi) is 8.32. The van der Waals surface area contributed by atoms with Gasteiger partial charge in [0.05, 0.1) is 6.61 Å². The Labute approximate surface area is 215 Å². The van der Waals surface area contributed by atoms with Crippen LogP contribution in [0, 0.1) is 6.92 Å². The number of hydrogen-bond acceptors (Lipinski definition) is 5. The van der Waals surface area contributed by atoms with Gasteiger partial charge in [0.25, 0.3) is 0 Å². The minimum absolute atomic E-state index is 0.250. The molecule has 0 saturated heterocycles. The number of ether oxygens (including phenoxy) is 2. The van der Waals surface area contributed by atoms with Crippen LogP contribution < -0.4 is 10.1 Å². The number of amides is 1. The van der Waals surface area contributed by atoms with Crippen LogP contribution in [-0.2, 0) is 16.1 Å². The first-order chi connectivity index (χ1) is 17.5. The molecular formula is C30H27NO4S. The van der Waals surface area contributed by atoms with Crippen LogP contribution in [-0.4, -0.2) is 18.5 Å². The van der Waals surface area contributed by atoms with Crippen LogP contribution in [0.15, 0.2) is 90.3 Å². The zero-order valence-corrected chi connectivity index (χ0v) is 21.0. The van der Waals surface area contributed by atoms with Gasteiger partial charge in [-0.15, -0.1) is 11.3 Å². The van der Waals surface area contributed by atoms with Crippen molar-refractivity contribution in [3.05, 3.63) is 113 Å². The van der Waals surface area contributed by atoms with E-state index in [-0.39, 0.29) is 12.5 Å². The van der Waals surface area contributed by atoms with Gasteiger partial charge >= 0.3 is 5.97 Å². The van der Waals surface area contributed by atoms with E-state index >= 15 is 0 Å². The molecule has 4 rings (SSSR count). The Morgan fingerprint density at radius 1 is 0.944 bits per heavy atom. The van der Waals surface area contributed by atoms with Crippen molar-refractivity contribution >= 4 is 34.3 Å². The minimum atomic E-state index is -0.459. The molecule has 0 unspecified atom stereocenters. The Balaban J connectivity index is 1.43. The van der Waals surface area contributed by atoms with Crippen LogP contribution in [0.4, 0.5) is 5.00 Å². The van der Waals surface area contributed by atoms with Crippen LogP contribution in [0.1, 0.15) is 34.0 Å². The fourth-order valence-corrected chi connectivity index (χ4v) is 4.50. The quantitative estimate of drug-likeness (QED) is 0.197. The largest absolute Gasteiger partial charge is 0.489 e. The van der Waals surface area contributed by atoms with Crippen molar-refractivity contribution < 1.29 is 19.1 Å². The van der Waals surface area contributed by atoms with Crippen molar-refractivity contribution in [2.24, 2.45) is 0 Å². The fraction of sp³-hybridized carbons (Fsp3) is 0.133. The zero-order chi connectivity index (χ0) is 25.3. The Morgan fingerprint density at radius 3 is 2.36 bits per heavy atom. The molecule has 4 aromatic rings. The molecule has 1 N–H and O–H groups in total. The summed E-state index contributed by atoms with van der Waals surface area (Å²) in [5, 5.41) is 5.17. The van der Waals surface area contributed by atoms with Crippen molar-refractivity contribution in [3.63, 3.8) is 0 Å². The molecule has 182 valence electrons. The van der Waals surface area contributed by atoms with Crippen molar-refractivity contribution in [2.75, 3.05) is 11.9 Å². The fourth-order valence-electron chi connectivity index (χ4n) is 3.54. The van der Waals surface area contributed by atoms with Crippen LogP contribution in [0.2, 0.25) is 0 Å². The lowest BCUT2D eigenvalue weighted by Crippen LogP contribution is -2.12. The number of carbonyl (C=O) groups is 2. The predicted molar refractivity (Wildman–Crippen MR) is 145 cm³/mol. The summed E-state index contributed by atoms with van der Waals surface area (Å²) in [5.41, 5.74) is 5.08. The van der Waals surface area contributed by atoms with Gasteiger partial charge in [0, 0.05) is 17.0 Å². The number of hydrogen-bond donors (Lipinski definition) is 1. The smallest absolute Gasteiger partial charge is 0.341 e. The molecule has 0 fully saturated rings. The van der Waals surface area contributed by atoms with Crippen LogP contribution in [0.25, 0.3) is 17.2 Å². The summed E-state index contributed by atoms with van der Waals surface area (Å²) in [6.07, 6.45) is 3.16. The minimum Gasteiger partial charge on any atom is -0.489 e. The standard InChI is InChI=1S/C30H27NO4S/c1-3-34-30(33)28-26(24-14-9-21(2)10-15-24)20-36-29(28)31-27(32)18-13-22-11-16-25(17-12-22)35-19-23-7-5-4-6-8-23/h4-18,20H,3,19H2,1-2H3,(H,31,32). The van der Waals surface area contributed by atoms with Crippen LogP contribution in [0.3, 0.4) is 0 Å². The second kappa shape index (κ2) is 12.0. The summed E-state index contributed by atoms with van der Waals surface area (Å²) in [6, 6.07) is 25.3. The highest BCUT2D eigenvalue weighted by atomic mass is 32.1. The first kappa shape index (κ1) is 24.9. The van der Waals surface area contributed by atoms with E-state index in [1.165, 1.54) is 17.4 Å². The summed E-state index contributed by atoms with van der Waals surface area (Å²) < 4.78 is 11.1. The van der Waals surface area contributed by atoms with Gasteiger partial charge in [-0.2, -0.15) is 0 Å². The Morgan fingerprint density at radius 2 is 1.67 bits per heavy atom. The normalized spacial score (nSPS) is 10.8. The Hall–Kier alpha value is -4.16. The van der Waals surface area contributed by atoms with Gasteiger partial charge in [0.2, 0.25) is 5.91 Å². The molecule has 1 heterocycles. The highest BCUT2D eigenvalue weighted by Gasteiger charge is 2.22. The van der Waals surface area contributed by atoms with E-state index in [0.29, 0.717) is 17.2 Å². The van der Waals surface area contributed by atoms with Gasteiger partial charge in [-0.3, -0.25) is 4.79 Å². The van der Waals surface area contributed by atoms with E-state index in [4.69, 9.17) is 9.47 Å². The van der Waals surface area contributed by atoms with Crippen molar-refractivity contribution in [1.29, 1.82) is 0 Å². The average molecular weight is 498 g/mol. The first-order valence-electron chi connectivity index (χ1n) is 11.6. The van der Waals surface area contributed by atoms with Gasteiger partial charge < -0.3 is 14.8 Å². The van der Waals surface area contributed by atoms with E-state index in [2.05, 4.69) is 5.32 Å². The third-order valence-corrected chi connectivity index (χ3v) is 6.32. The third kappa shape index (κ3) is 6.49. The Bertz CT molecular complexity index is 1340. The lowest BCUT2D eigenvalue weighted by molar-refractivity contribution is -0.111. The average Bonchev–Trinajstić information content (AvgIpc) is 3.31. The topological polar surface area (TPSA) is 64.6 Å². The van der Waals surface area contributed by atoms with Crippen molar-refractivity contribution in [2.45, 2.75) is 20.5 Å². The maximum atomic E-state index is 12.7. The third-order valence-electron chi connectivity index (χ3n) is 5.43. The summed E-state index contributed by atoms with van der Waals surface area (Å²) in [6.45, 7) is 4.51. The SMILES string of the molecule is CCOC(=O)c1c(-c2ccc(C)cc2)csc1NC(=O)C=Cc1ccc(OCc2ccccc2)cc1. The summed E-state index contributed by atoms with van der Waals surface area (Å²) >= 11 is 1.30. The summed E-state index contributed by atoms with van der Waals surface area (Å²) in [7, 11) is 0. The molecule has 0 aliphatic carbocycles. The second-order valence-corrected chi connectivity index (χ2v) is 8.99. The molecule has 1 aromatic heterocycles. The molecule has 0 bridgehead atoms. The zero-order valence-electron chi connectivity index (χ0n) is 20.2. The molecule has 36 heavy (non-hydrogen) atoms. The second-order valence-electron chi connectivity index (χ2n) is 8.11. The molecule has 6 heteroatoms. The molecule has 0 radical (unpaired) electrons. The molecule has 0 saturated carbocycles. The molecule has 0 aliphatic rings. The number of carbonyl (C=O) groups excluding carboxylic acids is 2. The van der Waals surface area contributed by atoms with Crippen molar-refractivity contribution in [1.82, 2.24) is 0 Å². The van der Waals surface area contributed by atoms with Crippen LogP contribution >= 0.6 is 11.3 Å². The number of anilines is 1. The molecule has 0 aliphatic heterocycles. The lowest BCUT2D eigenvalue weighted by atomic mass is 10.0. The van der Waals surface area contributed by atoms with E-state index < -0.39 is 5.97 Å². The first-order valence-corrected chi connectivity index (χ1v) is 12.5. The van der Waals surface area contributed by atoms with E-state index in [0.717, 1.165) is 33.6 Å². The number of thiophene rings is 1. The van der Waals surface area contributed by atoms with Gasteiger partial charge in [0.15, 0.2) is 0 Å². The number of nitrogens with one attached hydrogen (secondary N) is 1. The molecule has 5 nitrogen and oxygen atoms in total. The van der Waals surface area contributed by atoms with E-state index in [1.54, 1.807) is 13.0 Å². The number of esters is 1. The summed E-state index contributed by atoms with van der Waals surface area (Å²) in [5.74, 6) is -0.0382. The molecule has 0 atom stereocenters.